The van der Waals surface area contributed by atoms with Crippen LogP contribution in [0.25, 0.3) is 11.3 Å². The Balaban J connectivity index is 2.46. The van der Waals surface area contributed by atoms with Gasteiger partial charge in [0.2, 0.25) is 0 Å². The van der Waals surface area contributed by atoms with E-state index >= 15 is 0 Å². The second-order valence-electron chi connectivity index (χ2n) is 4.38. The van der Waals surface area contributed by atoms with Gasteiger partial charge in [-0.15, -0.1) is 0 Å². The van der Waals surface area contributed by atoms with Gasteiger partial charge in [-0.1, -0.05) is 6.92 Å². The molecular formula is C15H13F2NO3. The van der Waals surface area contributed by atoms with Crippen molar-refractivity contribution < 1.29 is 23.4 Å². The summed E-state index contributed by atoms with van der Waals surface area (Å²) < 4.78 is 31.7. The molecule has 0 aliphatic heterocycles. The van der Waals surface area contributed by atoms with Crippen molar-refractivity contribution in [1.82, 2.24) is 4.98 Å². The first kappa shape index (κ1) is 14.9. The smallest absolute Gasteiger partial charge is 0.339 e. The van der Waals surface area contributed by atoms with Crippen molar-refractivity contribution in [2.75, 3.05) is 6.61 Å². The number of aromatic nitrogens is 1. The summed E-state index contributed by atoms with van der Waals surface area (Å²) in [4.78, 5) is 15.3. The molecule has 1 N–H and O–H groups in total. The number of carboxylic acid groups (broad SMARTS) is 1. The van der Waals surface area contributed by atoms with E-state index in [1.54, 1.807) is 0 Å². The van der Waals surface area contributed by atoms with Crippen LogP contribution in [0.3, 0.4) is 0 Å². The maximum atomic E-state index is 13.2. The molecule has 0 unspecified atom stereocenters. The first-order valence-electron chi connectivity index (χ1n) is 6.34. The maximum absolute atomic E-state index is 13.2. The second-order valence-corrected chi connectivity index (χ2v) is 4.38. The van der Waals surface area contributed by atoms with Crippen molar-refractivity contribution in [3.05, 3.63) is 47.7 Å². The third kappa shape index (κ3) is 3.53. The summed E-state index contributed by atoms with van der Waals surface area (Å²) in [5.41, 5.74) is 0.227. The zero-order chi connectivity index (χ0) is 15.4. The molecule has 0 atom stereocenters. The summed E-state index contributed by atoms with van der Waals surface area (Å²) in [5.74, 6) is -2.57. The molecule has 0 saturated heterocycles. The fourth-order valence-corrected chi connectivity index (χ4v) is 1.80. The van der Waals surface area contributed by atoms with Crippen molar-refractivity contribution in [3.63, 3.8) is 0 Å². The van der Waals surface area contributed by atoms with Crippen LogP contribution in [0.5, 0.6) is 5.75 Å². The van der Waals surface area contributed by atoms with Crippen LogP contribution in [0.1, 0.15) is 23.7 Å². The van der Waals surface area contributed by atoms with Crippen molar-refractivity contribution in [2.24, 2.45) is 0 Å². The minimum absolute atomic E-state index is 0.0990. The highest BCUT2D eigenvalue weighted by atomic mass is 19.1. The molecule has 0 spiro atoms. The van der Waals surface area contributed by atoms with E-state index in [-0.39, 0.29) is 22.6 Å². The lowest BCUT2D eigenvalue weighted by Gasteiger charge is -2.09. The largest absolute Gasteiger partial charge is 0.491 e. The number of pyridine rings is 1. The molecule has 110 valence electrons. The number of halogens is 2. The van der Waals surface area contributed by atoms with Crippen LogP contribution in [0, 0.1) is 11.6 Å². The summed E-state index contributed by atoms with van der Waals surface area (Å²) in [6, 6.07) is 4.15. The first-order chi connectivity index (χ1) is 10.0. The number of aromatic carboxylic acids is 1. The number of hydrogen-bond donors (Lipinski definition) is 1. The Hall–Kier alpha value is -2.50. The summed E-state index contributed by atoms with van der Waals surface area (Å²) in [7, 11) is 0. The molecule has 0 radical (unpaired) electrons. The predicted molar refractivity (Wildman–Crippen MR) is 72.3 cm³/mol. The quantitative estimate of drug-likeness (QED) is 0.916. The third-order valence-electron chi connectivity index (χ3n) is 2.72. The van der Waals surface area contributed by atoms with Gasteiger partial charge in [-0.05, 0) is 24.6 Å². The summed E-state index contributed by atoms with van der Waals surface area (Å²) in [6.45, 7) is 2.24. The Bertz CT molecular complexity index is 654. The summed E-state index contributed by atoms with van der Waals surface area (Å²) in [5, 5.41) is 9.19. The molecule has 1 aromatic carbocycles. The highest BCUT2D eigenvalue weighted by Gasteiger charge is 2.15. The van der Waals surface area contributed by atoms with Crippen LogP contribution in [-0.2, 0) is 0 Å². The third-order valence-corrected chi connectivity index (χ3v) is 2.72. The molecule has 1 heterocycles. The van der Waals surface area contributed by atoms with E-state index in [2.05, 4.69) is 4.98 Å². The molecule has 0 aliphatic rings. The van der Waals surface area contributed by atoms with Gasteiger partial charge in [-0.25, -0.2) is 13.6 Å². The van der Waals surface area contributed by atoms with Crippen molar-refractivity contribution in [1.29, 1.82) is 0 Å². The van der Waals surface area contributed by atoms with Crippen LogP contribution in [0.15, 0.2) is 30.5 Å². The van der Waals surface area contributed by atoms with Gasteiger partial charge in [-0.2, -0.15) is 0 Å². The van der Waals surface area contributed by atoms with Crippen LogP contribution < -0.4 is 4.74 Å². The number of ether oxygens (including phenoxy) is 1. The standard InChI is InChI=1S/C15H13F2NO3/c1-2-3-21-14-8-18-13(7-12(14)15(19)20)9-4-10(16)6-11(17)5-9/h4-8H,2-3H2,1H3,(H,19,20). The zero-order valence-corrected chi connectivity index (χ0v) is 11.3. The number of nitrogens with zero attached hydrogens (tertiary/aromatic N) is 1. The molecule has 0 amide bonds. The average Bonchev–Trinajstić information content (AvgIpc) is 2.43. The van der Waals surface area contributed by atoms with Gasteiger partial charge in [-0.3, -0.25) is 4.98 Å². The molecule has 0 aliphatic carbocycles. The van der Waals surface area contributed by atoms with Crippen LogP contribution >= 0.6 is 0 Å². The summed E-state index contributed by atoms with van der Waals surface area (Å²) >= 11 is 0. The van der Waals surface area contributed by atoms with Crippen molar-refractivity contribution >= 4 is 5.97 Å². The van der Waals surface area contributed by atoms with Gasteiger partial charge < -0.3 is 9.84 Å². The van der Waals surface area contributed by atoms with Gasteiger partial charge in [0, 0.05) is 11.6 Å². The molecule has 0 bridgehead atoms. The van der Waals surface area contributed by atoms with E-state index in [0.717, 1.165) is 24.6 Å². The summed E-state index contributed by atoms with van der Waals surface area (Å²) in [6.07, 6.45) is 1.97. The van der Waals surface area contributed by atoms with E-state index in [4.69, 9.17) is 4.74 Å². The average molecular weight is 293 g/mol. The molecular weight excluding hydrogens is 280 g/mol. The van der Waals surface area contributed by atoms with E-state index in [1.807, 2.05) is 6.92 Å². The normalized spacial score (nSPS) is 10.4. The lowest BCUT2D eigenvalue weighted by molar-refractivity contribution is 0.0692. The second kappa shape index (κ2) is 6.30. The Morgan fingerprint density at radius 2 is 1.90 bits per heavy atom. The lowest BCUT2D eigenvalue weighted by Crippen LogP contribution is -2.05. The Morgan fingerprint density at radius 1 is 1.24 bits per heavy atom. The predicted octanol–water partition coefficient (Wildman–Crippen LogP) is 3.51. The van der Waals surface area contributed by atoms with E-state index in [1.165, 1.54) is 12.3 Å². The molecule has 2 aromatic rings. The Kier molecular flexibility index (Phi) is 4.47. The Morgan fingerprint density at radius 3 is 2.48 bits per heavy atom. The monoisotopic (exact) mass is 293 g/mol. The minimum Gasteiger partial charge on any atom is -0.491 e. The molecule has 4 nitrogen and oxygen atoms in total. The fourth-order valence-electron chi connectivity index (χ4n) is 1.80. The minimum atomic E-state index is -1.19. The van der Waals surface area contributed by atoms with Gasteiger partial charge in [0.25, 0.3) is 0 Å². The highest BCUT2D eigenvalue weighted by molar-refractivity contribution is 5.92. The van der Waals surface area contributed by atoms with Crippen molar-refractivity contribution in [3.8, 4) is 17.0 Å². The van der Waals surface area contributed by atoms with E-state index < -0.39 is 17.6 Å². The van der Waals surface area contributed by atoms with Crippen molar-refractivity contribution in [2.45, 2.75) is 13.3 Å². The van der Waals surface area contributed by atoms with E-state index in [9.17, 15) is 18.7 Å². The Labute approximate surface area is 120 Å². The highest BCUT2D eigenvalue weighted by Crippen LogP contribution is 2.25. The van der Waals surface area contributed by atoms with Gasteiger partial charge in [0.15, 0.2) is 5.75 Å². The SMILES string of the molecule is CCCOc1cnc(-c2cc(F)cc(F)c2)cc1C(=O)O. The number of benzene rings is 1. The molecule has 0 saturated carbocycles. The molecule has 21 heavy (non-hydrogen) atoms. The number of rotatable bonds is 5. The van der Waals surface area contributed by atoms with Gasteiger partial charge >= 0.3 is 5.97 Å². The molecule has 1 aromatic heterocycles. The molecule has 2 rings (SSSR count). The van der Waals surface area contributed by atoms with Gasteiger partial charge in [0.05, 0.1) is 18.5 Å². The number of carboxylic acids is 1. The topological polar surface area (TPSA) is 59.4 Å². The number of hydrogen-bond acceptors (Lipinski definition) is 3. The molecule has 6 heteroatoms. The lowest BCUT2D eigenvalue weighted by atomic mass is 10.1. The number of carbonyl (C=O) groups is 1. The molecule has 0 fully saturated rings. The fraction of sp³-hybridized carbons (Fsp3) is 0.200. The van der Waals surface area contributed by atoms with Crippen LogP contribution in [0.2, 0.25) is 0 Å². The van der Waals surface area contributed by atoms with Crippen LogP contribution in [0.4, 0.5) is 8.78 Å². The van der Waals surface area contributed by atoms with E-state index in [0.29, 0.717) is 6.61 Å². The first-order valence-corrected chi connectivity index (χ1v) is 6.34. The maximum Gasteiger partial charge on any atom is 0.339 e. The van der Waals surface area contributed by atoms with Gasteiger partial charge in [0.1, 0.15) is 17.2 Å². The van der Waals surface area contributed by atoms with Crippen LogP contribution in [-0.4, -0.2) is 22.7 Å². The zero-order valence-electron chi connectivity index (χ0n) is 11.3.